The van der Waals surface area contributed by atoms with Crippen LogP contribution in [0.3, 0.4) is 0 Å². The SMILES string of the molecule is C=CCSc1nnc(NC(=O)CN(Cc2ccc(C)cc2)S(C)(=O)=O)s1. The summed E-state index contributed by atoms with van der Waals surface area (Å²) >= 11 is 2.69. The Morgan fingerprint density at radius 3 is 2.65 bits per heavy atom. The van der Waals surface area contributed by atoms with Gasteiger partial charge in [0.25, 0.3) is 0 Å². The molecular formula is C16H20N4O3S3. The molecular weight excluding hydrogens is 392 g/mol. The molecule has 0 atom stereocenters. The monoisotopic (exact) mass is 412 g/mol. The zero-order valence-electron chi connectivity index (χ0n) is 14.5. The molecule has 2 aromatic rings. The number of nitrogens with zero attached hydrogens (tertiary/aromatic N) is 3. The van der Waals surface area contributed by atoms with Crippen LogP contribution in [-0.4, -0.2) is 47.4 Å². The molecule has 0 aliphatic carbocycles. The van der Waals surface area contributed by atoms with Gasteiger partial charge in [0, 0.05) is 12.3 Å². The van der Waals surface area contributed by atoms with Gasteiger partial charge in [-0.15, -0.1) is 16.8 Å². The van der Waals surface area contributed by atoms with Crippen LogP contribution >= 0.6 is 23.1 Å². The number of rotatable bonds is 9. The van der Waals surface area contributed by atoms with Crippen LogP contribution in [0, 0.1) is 6.92 Å². The maximum Gasteiger partial charge on any atom is 0.241 e. The molecule has 0 saturated carbocycles. The van der Waals surface area contributed by atoms with E-state index in [-0.39, 0.29) is 13.1 Å². The van der Waals surface area contributed by atoms with Crippen molar-refractivity contribution in [3.63, 3.8) is 0 Å². The lowest BCUT2D eigenvalue weighted by Gasteiger charge is -2.19. The second kappa shape index (κ2) is 9.26. The number of amides is 1. The van der Waals surface area contributed by atoms with E-state index in [0.29, 0.717) is 15.2 Å². The molecule has 0 aliphatic heterocycles. The number of hydrogen-bond acceptors (Lipinski definition) is 7. The van der Waals surface area contributed by atoms with Gasteiger partial charge in [-0.1, -0.05) is 59.0 Å². The lowest BCUT2D eigenvalue weighted by Crippen LogP contribution is -2.36. The Kier molecular flexibility index (Phi) is 7.33. The summed E-state index contributed by atoms with van der Waals surface area (Å²) in [6.45, 7) is 5.42. The predicted octanol–water partition coefficient (Wildman–Crippen LogP) is 2.52. The highest BCUT2D eigenvalue weighted by Gasteiger charge is 2.21. The number of carbonyl (C=O) groups excluding carboxylic acids is 1. The normalized spacial score (nSPS) is 11.5. The minimum atomic E-state index is -3.54. The molecule has 1 aromatic heterocycles. The topological polar surface area (TPSA) is 92.3 Å². The number of nitrogens with one attached hydrogen (secondary N) is 1. The smallest absolute Gasteiger partial charge is 0.241 e. The van der Waals surface area contributed by atoms with E-state index in [2.05, 4.69) is 22.1 Å². The van der Waals surface area contributed by atoms with Crippen molar-refractivity contribution in [1.29, 1.82) is 0 Å². The first-order valence-electron chi connectivity index (χ1n) is 7.65. The van der Waals surface area contributed by atoms with E-state index in [4.69, 9.17) is 0 Å². The molecule has 0 radical (unpaired) electrons. The van der Waals surface area contributed by atoms with Gasteiger partial charge in [-0.3, -0.25) is 10.1 Å². The summed E-state index contributed by atoms with van der Waals surface area (Å²) in [7, 11) is -3.54. The fourth-order valence-electron chi connectivity index (χ4n) is 1.96. The second-order valence-electron chi connectivity index (χ2n) is 5.54. The van der Waals surface area contributed by atoms with Crippen LogP contribution in [0.15, 0.2) is 41.3 Å². The first-order chi connectivity index (χ1) is 12.3. The van der Waals surface area contributed by atoms with E-state index in [1.807, 2.05) is 31.2 Å². The van der Waals surface area contributed by atoms with Gasteiger partial charge in [0.05, 0.1) is 12.8 Å². The molecule has 0 unspecified atom stereocenters. The number of anilines is 1. The second-order valence-corrected chi connectivity index (χ2v) is 9.76. The van der Waals surface area contributed by atoms with Crippen LogP contribution < -0.4 is 5.32 Å². The zero-order valence-corrected chi connectivity index (χ0v) is 17.0. The number of carbonyl (C=O) groups is 1. The Morgan fingerprint density at radius 2 is 2.04 bits per heavy atom. The summed E-state index contributed by atoms with van der Waals surface area (Å²) < 4.78 is 25.9. The zero-order chi connectivity index (χ0) is 19.2. The van der Waals surface area contributed by atoms with Gasteiger partial charge in [-0.2, -0.15) is 4.31 Å². The number of aryl methyl sites for hydroxylation is 1. The lowest BCUT2D eigenvalue weighted by molar-refractivity contribution is -0.116. The van der Waals surface area contributed by atoms with E-state index in [9.17, 15) is 13.2 Å². The van der Waals surface area contributed by atoms with Crippen LogP contribution in [0.25, 0.3) is 0 Å². The molecule has 0 bridgehead atoms. The molecule has 0 fully saturated rings. The number of thioether (sulfide) groups is 1. The highest BCUT2D eigenvalue weighted by Crippen LogP contribution is 2.25. The predicted molar refractivity (Wildman–Crippen MR) is 106 cm³/mol. The van der Waals surface area contributed by atoms with E-state index in [1.165, 1.54) is 23.1 Å². The number of sulfonamides is 1. The Bertz CT molecular complexity index is 863. The van der Waals surface area contributed by atoms with E-state index < -0.39 is 15.9 Å². The minimum absolute atomic E-state index is 0.128. The van der Waals surface area contributed by atoms with Gasteiger partial charge in [0.2, 0.25) is 21.1 Å². The number of aromatic nitrogens is 2. The highest BCUT2D eigenvalue weighted by atomic mass is 32.2. The summed E-state index contributed by atoms with van der Waals surface area (Å²) in [5, 5.41) is 10.8. The molecule has 0 aliphatic rings. The van der Waals surface area contributed by atoms with E-state index in [1.54, 1.807) is 6.08 Å². The first-order valence-corrected chi connectivity index (χ1v) is 11.3. The van der Waals surface area contributed by atoms with Crippen molar-refractivity contribution < 1.29 is 13.2 Å². The average molecular weight is 413 g/mol. The Balaban J connectivity index is 2.01. The number of benzene rings is 1. The van der Waals surface area contributed by atoms with Crippen molar-refractivity contribution >= 4 is 44.2 Å². The first kappa shape index (κ1) is 20.6. The Labute approximate surface area is 161 Å². The number of hydrogen-bond donors (Lipinski definition) is 1. The third-order valence-electron chi connectivity index (χ3n) is 3.25. The third-order valence-corrected chi connectivity index (χ3v) is 6.41. The summed E-state index contributed by atoms with van der Waals surface area (Å²) in [5.41, 5.74) is 1.90. The molecule has 26 heavy (non-hydrogen) atoms. The van der Waals surface area contributed by atoms with Gasteiger partial charge in [-0.05, 0) is 12.5 Å². The van der Waals surface area contributed by atoms with Crippen LogP contribution in [-0.2, 0) is 21.4 Å². The van der Waals surface area contributed by atoms with Crippen LogP contribution in [0.4, 0.5) is 5.13 Å². The summed E-state index contributed by atoms with van der Waals surface area (Å²) in [6.07, 6.45) is 2.84. The minimum Gasteiger partial charge on any atom is -0.299 e. The molecule has 10 heteroatoms. The fourth-order valence-corrected chi connectivity index (χ4v) is 4.22. The summed E-state index contributed by atoms with van der Waals surface area (Å²) in [5.74, 6) is 0.236. The van der Waals surface area contributed by atoms with Gasteiger partial charge < -0.3 is 0 Å². The van der Waals surface area contributed by atoms with Crippen molar-refractivity contribution in [2.75, 3.05) is 23.9 Å². The van der Waals surface area contributed by atoms with Crippen molar-refractivity contribution in [3.05, 3.63) is 48.0 Å². The van der Waals surface area contributed by atoms with Crippen molar-refractivity contribution in [3.8, 4) is 0 Å². The molecule has 1 N–H and O–H groups in total. The van der Waals surface area contributed by atoms with Gasteiger partial charge in [0.15, 0.2) is 4.34 Å². The molecule has 140 valence electrons. The molecule has 2 rings (SSSR count). The maximum absolute atomic E-state index is 12.2. The molecule has 0 saturated heterocycles. The highest BCUT2D eigenvalue weighted by molar-refractivity contribution is 8.01. The molecule has 1 amide bonds. The summed E-state index contributed by atoms with van der Waals surface area (Å²) in [4.78, 5) is 12.2. The summed E-state index contributed by atoms with van der Waals surface area (Å²) in [6, 6.07) is 7.50. The average Bonchev–Trinajstić information content (AvgIpc) is 3.00. The van der Waals surface area contributed by atoms with Crippen molar-refractivity contribution in [2.24, 2.45) is 0 Å². The van der Waals surface area contributed by atoms with Crippen LogP contribution in [0.2, 0.25) is 0 Å². The van der Waals surface area contributed by atoms with Crippen LogP contribution in [0.1, 0.15) is 11.1 Å². The van der Waals surface area contributed by atoms with Gasteiger partial charge in [-0.25, -0.2) is 8.42 Å². The molecule has 0 spiro atoms. The molecule has 7 nitrogen and oxygen atoms in total. The van der Waals surface area contributed by atoms with E-state index >= 15 is 0 Å². The quantitative estimate of drug-likeness (QED) is 0.387. The largest absolute Gasteiger partial charge is 0.299 e. The Morgan fingerprint density at radius 1 is 1.35 bits per heavy atom. The van der Waals surface area contributed by atoms with Crippen molar-refractivity contribution in [2.45, 2.75) is 17.8 Å². The fraction of sp³-hybridized carbons (Fsp3) is 0.312. The Hall–Kier alpha value is -1.75. The van der Waals surface area contributed by atoms with Crippen molar-refractivity contribution in [1.82, 2.24) is 14.5 Å². The molecule has 1 heterocycles. The van der Waals surface area contributed by atoms with Gasteiger partial charge >= 0.3 is 0 Å². The van der Waals surface area contributed by atoms with Crippen LogP contribution in [0.5, 0.6) is 0 Å². The molecule has 1 aromatic carbocycles. The third kappa shape index (κ3) is 6.52. The maximum atomic E-state index is 12.2. The van der Waals surface area contributed by atoms with Gasteiger partial charge in [0.1, 0.15) is 0 Å². The van der Waals surface area contributed by atoms with E-state index in [0.717, 1.165) is 21.7 Å². The standard InChI is InChI=1S/C16H20N4O3S3/c1-4-9-24-16-19-18-15(25-16)17-14(21)11-20(26(3,22)23)10-13-7-5-12(2)6-8-13/h4-8H,1,9-11H2,2-3H3,(H,17,18,21). The lowest BCUT2D eigenvalue weighted by atomic mass is 10.1.